The third-order valence-electron chi connectivity index (χ3n) is 18.5. The number of phenolic OH excluding ortho intramolecular Hbond substituents is 1. The van der Waals surface area contributed by atoms with Crippen LogP contribution in [0.15, 0.2) is 12.1 Å². The first kappa shape index (κ1) is 51.9. The lowest BCUT2D eigenvalue weighted by Crippen LogP contribution is -2.65. The molecule has 2 saturated carbocycles. The lowest BCUT2D eigenvalue weighted by molar-refractivity contribution is -0.183. The third kappa shape index (κ3) is 11.0. The zero-order chi connectivity index (χ0) is 48.9. The Morgan fingerprint density at radius 1 is 0.986 bits per heavy atom. The molecule has 4 aliphatic carbocycles. The summed E-state index contributed by atoms with van der Waals surface area (Å²) in [5.74, 6) is 6.59. The van der Waals surface area contributed by atoms with Gasteiger partial charge in [-0.15, -0.1) is 5.92 Å². The molecule has 7 N–H and O–H groups in total. The summed E-state index contributed by atoms with van der Waals surface area (Å²) in [6.45, 7) is 10.6. The van der Waals surface area contributed by atoms with Gasteiger partial charge >= 0.3 is 11.9 Å². The second-order valence-electron chi connectivity index (χ2n) is 23.3. The topological polar surface area (TPSA) is 196 Å². The number of carbonyl (C=O) groups is 3. The number of fused-ring (bicyclic) bond motifs is 4. The number of aliphatic hydroxyl groups excluding tert-OH is 3. The highest BCUT2D eigenvalue weighted by Gasteiger charge is 2.60. The normalized spacial score (nSPS) is 33.4. The summed E-state index contributed by atoms with van der Waals surface area (Å²) in [4.78, 5) is 42.4. The fourth-order valence-electron chi connectivity index (χ4n) is 15.1. The minimum atomic E-state index is -1.17. The third-order valence-corrected chi connectivity index (χ3v) is 18.5. The maximum absolute atomic E-state index is 15.6. The highest BCUT2D eigenvalue weighted by atomic mass is 16.6. The Morgan fingerprint density at radius 2 is 1.75 bits per heavy atom. The number of rotatable bonds is 16. The molecule has 13 heteroatoms. The van der Waals surface area contributed by atoms with Crippen molar-refractivity contribution in [3.8, 4) is 23.3 Å². The van der Waals surface area contributed by atoms with Crippen LogP contribution in [-0.2, 0) is 23.9 Å². The molecule has 7 aliphatic rings. The van der Waals surface area contributed by atoms with Crippen LogP contribution < -0.4 is 20.7 Å². The van der Waals surface area contributed by atoms with Gasteiger partial charge in [-0.2, -0.15) is 0 Å². The molecule has 1 amide bonds. The number of amides is 1. The Kier molecular flexibility index (Phi) is 17.0. The van der Waals surface area contributed by atoms with Crippen molar-refractivity contribution in [3.63, 3.8) is 0 Å². The number of aromatic hydroxyl groups is 1. The van der Waals surface area contributed by atoms with E-state index in [-0.39, 0.29) is 71.5 Å². The number of hydrogen-bond acceptors (Lipinski definition) is 12. The fraction of sp³-hybridized carbons (Fsp3) is 0.804. The standard InChI is InChI=1S/C56H85N3O10/c1-35(2)11-10-26-58-32-41(63)16-17-42-38(29-36(3)61)12-9-13-39-30-44-45(54(34-60)21-7-8-22-54)33-67-52-46(64)19-18-43(50(44)52)51(39)55(24-27-57-28-25-55)48(31-47(42)68-37(4)62)69-53(66)56-23-6-5-14-40(56)15-20-49(65)59-56/h18-19,35-36,38-42,44-45,47-48,51,57-58,60-61,63-64H,5-8,10-12,14-17,20-34H2,1-4H3,(H,59,65). The van der Waals surface area contributed by atoms with Gasteiger partial charge in [0.25, 0.3) is 0 Å². The van der Waals surface area contributed by atoms with Crippen LogP contribution >= 0.6 is 0 Å². The SMILES string of the molecule is CC(=O)OC1CC(OC(=O)C23CCCCC2CCC(=O)N3)C2(CCNCC2)C2c3ccc(O)c4c3C(CC2C#CCC(CC(C)O)C1CCC(O)CNCCCC(C)C)C(C1(CO)CCCC1)CO4. The molecule has 2 saturated heterocycles. The van der Waals surface area contributed by atoms with Crippen LogP contribution in [0.25, 0.3) is 0 Å². The Balaban J connectivity index is 1.27. The van der Waals surface area contributed by atoms with Gasteiger partial charge < -0.3 is 50.6 Å². The lowest BCUT2D eigenvalue weighted by Gasteiger charge is -2.56. The maximum Gasteiger partial charge on any atom is 0.332 e. The molecule has 1 spiro atoms. The van der Waals surface area contributed by atoms with Crippen molar-refractivity contribution >= 4 is 17.8 Å². The van der Waals surface area contributed by atoms with Gasteiger partial charge in [0.2, 0.25) is 5.91 Å². The molecule has 69 heavy (non-hydrogen) atoms. The second-order valence-corrected chi connectivity index (χ2v) is 23.3. The van der Waals surface area contributed by atoms with E-state index in [0.717, 1.165) is 75.5 Å². The predicted molar refractivity (Wildman–Crippen MR) is 263 cm³/mol. The lowest BCUT2D eigenvalue weighted by atomic mass is 9.51. The van der Waals surface area contributed by atoms with Crippen LogP contribution in [0.2, 0.25) is 0 Å². The molecule has 4 fully saturated rings. The zero-order valence-electron chi connectivity index (χ0n) is 42.2. The van der Waals surface area contributed by atoms with Crippen molar-refractivity contribution < 1.29 is 49.0 Å². The van der Waals surface area contributed by atoms with Crippen LogP contribution in [-0.4, -0.2) is 108 Å². The van der Waals surface area contributed by atoms with Gasteiger partial charge in [-0.25, -0.2) is 4.79 Å². The van der Waals surface area contributed by atoms with E-state index < -0.39 is 47.3 Å². The number of hydrogen-bond donors (Lipinski definition) is 7. The molecule has 12 atom stereocenters. The van der Waals surface area contributed by atoms with Crippen molar-refractivity contribution in [2.24, 2.45) is 46.3 Å². The van der Waals surface area contributed by atoms with Crippen LogP contribution in [0.1, 0.15) is 179 Å². The molecule has 1 aromatic carbocycles. The summed E-state index contributed by atoms with van der Waals surface area (Å²) in [7, 11) is 0. The van der Waals surface area contributed by atoms with Crippen LogP contribution in [0.5, 0.6) is 11.5 Å². The minimum absolute atomic E-state index is 0.00525. The van der Waals surface area contributed by atoms with Crippen molar-refractivity contribution in [1.82, 2.24) is 16.0 Å². The average molecular weight is 960 g/mol. The van der Waals surface area contributed by atoms with Gasteiger partial charge in [0.15, 0.2) is 11.5 Å². The fourth-order valence-corrected chi connectivity index (χ4v) is 15.1. The van der Waals surface area contributed by atoms with E-state index in [1.54, 1.807) is 13.0 Å². The van der Waals surface area contributed by atoms with Crippen molar-refractivity contribution in [1.29, 1.82) is 0 Å². The van der Waals surface area contributed by atoms with Crippen LogP contribution in [0.3, 0.4) is 0 Å². The van der Waals surface area contributed by atoms with E-state index in [2.05, 4.69) is 41.6 Å². The van der Waals surface area contributed by atoms with Crippen molar-refractivity contribution in [2.75, 3.05) is 39.4 Å². The summed E-state index contributed by atoms with van der Waals surface area (Å²) in [6.07, 6.45) is 11.1. The first-order chi connectivity index (χ1) is 33.2. The summed E-state index contributed by atoms with van der Waals surface area (Å²) in [5.41, 5.74) is -0.228. The first-order valence-corrected chi connectivity index (χ1v) is 27.2. The summed E-state index contributed by atoms with van der Waals surface area (Å²) >= 11 is 0. The number of benzene rings is 1. The zero-order valence-corrected chi connectivity index (χ0v) is 42.2. The maximum atomic E-state index is 15.6. The molecule has 8 rings (SSSR count). The summed E-state index contributed by atoms with van der Waals surface area (Å²) in [6, 6.07) is 3.79. The van der Waals surface area contributed by atoms with E-state index in [1.807, 2.05) is 6.07 Å². The molecular formula is C56H85N3O10. The van der Waals surface area contributed by atoms with Crippen LogP contribution in [0.4, 0.5) is 0 Å². The molecular weight excluding hydrogens is 875 g/mol. The number of nitrogens with one attached hydrogen (secondary N) is 3. The first-order valence-electron chi connectivity index (χ1n) is 27.2. The molecule has 0 radical (unpaired) electrons. The average Bonchev–Trinajstić information content (AvgIpc) is 3.81. The van der Waals surface area contributed by atoms with E-state index in [4.69, 9.17) is 14.2 Å². The van der Waals surface area contributed by atoms with Crippen molar-refractivity contribution in [3.05, 3.63) is 23.3 Å². The molecule has 384 valence electrons. The minimum Gasteiger partial charge on any atom is -0.504 e. The van der Waals surface area contributed by atoms with Gasteiger partial charge in [0, 0.05) is 79.4 Å². The van der Waals surface area contributed by atoms with Crippen molar-refractivity contribution in [2.45, 2.75) is 198 Å². The highest BCUT2D eigenvalue weighted by molar-refractivity contribution is 5.90. The quantitative estimate of drug-likeness (QED) is 0.0503. The number of phenols is 1. The Hall–Kier alpha value is -3.41. The summed E-state index contributed by atoms with van der Waals surface area (Å²) in [5, 5.41) is 55.7. The van der Waals surface area contributed by atoms with Gasteiger partial charge in [0.05, 0.1) is 18.8 Å². The van der Waals surface area contributed by atoms with Gasteiger partial charge in [0.1, 0.15) is 17.7 Å². The molecule has 3 heterocycles. The van der Waals surface area contributed by atoms with Gasteiger partial charge in [-0.05, 0) is 145 Å². The number of carbonyl (C=O) groups excluding carboxylic acids is 3. The molecule has 0 bridgehead atoms. The monoisotopic (exact) mass is 960 g/mol. The van der Waals surface area contributed by atoms with Gasteiger partial charge in [-0.3, -0.25) is 9.59 Å². The Labute approximate surface area is 411 Å². The molecule has 13 nitrogen and oxygen atoms in total. The molecule has 3 aliphatic heterocycles. The van der Waals surface area contributed by atoms with E-state index in [9.17, 15) is 30.0 Å². The Morgan fingerprint density at radius 3 is 2.48 bits per heavy atom. The number of esters is 2. The Bertz CT molecular complexity index is 2000. The van der Waals surface area contributed by atoms with E-state index in [1.165, 1.54) is 6.92 Å². The number of piperidine rings is 2. The second kappa shape index (κ2) is 22.6. The largest absolute Gasteiger partial charge is 0.504 e. The summed E-state index contributed by atoms with van der Waals surface area (Å²) < 4.78 is 20.5. The molecule has 0 aromatic heterocycles. The smallest absolute Gasteiger partial charge is 0.332 e. The molecule has 1 aromatic rings. The number of aliphatic hydroxyl groups is 3. The van der Waals surface area contributed by atoms with E-state index >= 15 is 4.79 Å². The molecule has 12 unspecified atom stereocenters. The number of ether oxygens (including phenoxy) is 3. The van der Waals surface area contributed by atoms with Gasteiger partial charge in [-0.1, -0.05) is 51.5 Å². The van der Waals surface area contributed by atoms with Crippen LogP contribution in [0, 0.1) is 58.2 Å². The highest BCUT2D eigenvalue weighted by Crippen LogP contribution is 2.65. The van der Waals surface area contributed by atoms with E-state index in [0.29, 0.717) is 102 Å². The predicted octanol–water partition coefficient (Wildman–Crippen LogP) is 7.16.